The number of carboxylic acid groups (broad SMARTS) is 1. The SMILES string of the molecule is CN1CCN(c2ccc(Br)cc2/C=C/C(=O)O)CC1=O. The van der Waals surface area contributed by atoms with Gasteiger partial charge in [-0.25, -0.2) is 4.79 Å². The van der Waals surface area contributed by atoms with Crippen molar-refractivity contribution in [2.75, 3.05) is 31.6 Å². The number of nitrogens with zero attached hydrogens (tertiary/aromatic N) is 2. The number of carbonyl (C=O) groups excluding carboxylic acids is 1. The molecule has 5 nitrogen and oxygen atoms in total. The van der Waals surface area contributed by atoms with Gasteiger partial charge in [-0.2, -0.15) is 0 Å². The molecular formula is C14H15BrN2O3. The zero-order chi connectivity index (χ0) is 14.7. The van der Waals surface area contributed by atoms with Crippen LogP contribution in [0.2, 0.25) is 0 Å². The lowest BCUT2D eigenvalue weighted by Crippen LogP contribution is -2.48. The highest BCUT2D eigenvalue weighted by atomic mass is 79.9. The number of amides is 1. The first kappa shape index (κ1) is 14.6. The van der Waals surface area contributed by atoms with Crippen LogP contribution < -0.4 is 4.90 Å². The second kappa shape index (κ2) is 6.09. The number of rotatable bonds is 3. The Kier molecular flexibility index (Phi) is 4.44. The summed E-state index contributed by atoms with van der Waals surface area (Å²) in [6.07, 6.45) is 2.65. The third kappa shape index (κ3) is 3.39. The Morgan fingerprint density at radius 1 is 1.40 bits per heavy atom. The molecule has 1 aliphatic heterocycles. The molecule has 0 saturated carbocycles. The second-order valence-electron chi connectivity index (χ2n) is 4.61. The number of carboxylic acids is 1. The fourth-order valence-corrected chi connectivity index (χ4v) is 2.45. The molecule has 0 bridgehead atoms. The third-order valence-electron chi connectivity index (χ3n) is 3.19. The number of hydrogen-bond donors (Lipinski definition) is 1. The standard InChI is InChI=1S/C14H15BrN2O3/c1-16-6-7-17(9-13(16)18)12-4-3-11(15)8-10(12)2-5-14(19)20/h2-5,8H,6-7,9H2,1H3,(H,19,20)/b5-2+. The van der Waals surface area contributed by atoms with Crippen molar-refractivity contribution in [3.8, 4) is 0 Å². The number of benzene rings is 1. The molecule has 0 radical (unpaired) electrons. The molecule has 1 aliphatic rings. The largest absolute Gasteiger partial charge is 0.478 e. The summed E-state index contributed by atoms with van der Waals surface area (Å²) in [6.45, 7) is 1.71. The maximum atomic E-state index is 11.8. The van der Waals surface area contributed by atoms with Gasteiger partial charge in [0.15, 0.2) is 0 Å². The van der Waals surface area contributed by atoms with Crippen LogP contribution in [0.15, 0.2) is 28.7 Å². The van der Waals surface area contributed by atoms with Crippen molar-refractivity contribution in [3.05, 3.63) is 34.3 Å². The van der Waals surface area contributed by atoms with E-state index in [2.05, 4.69) is 15.9 Å². The monoisotopic (exact) mass is 338 g/mol. The van der Waals surface area contributed by atoms with E-state index in [1.54, 1.807) is 18.0 Å². The summed E-state index contributed by atoms with van der Waals surface area (Å²) < 4.78 is 0.867. The van der Waals surface area contributed by atoms with Crippen molar-refractivity contribution in [1.29, 1.82) is 0 Å². The smallest absolute Gasteiger partial charge is 0.328 e. The number of carbonyl (C=O) groups is 2. The number of aliphatic carboxylic acids is 1. The minimum Gasteiger partial charge on any atom is -0.478 e. The highest BCUT2D eigenvalue weighted by Gasteiger charge is 2.22. The van der Waals surface area contributed by atoms with E-state index in [4.69, 9.17) is 5.11 Å². The first-order valence-electron chi connectivity index (χ1n) is 6.17. The third-order valence-corrected chi connectivity index (χ3v) is 3.69. The van der Waals surface area contributed by atoms with Gasteiger partial charge in [0.25, 0.3) is 0 Å². The Balaban J connectivity index is 2.31. The van der Waals surface area contributed by atoms with Gasteiger partial charge in [-0.1, -0.05) is 15.9 Å². The van der Waals surface area contributed by atoms with Crippen LogP contribution in [0.1, 0.15) is 5.56 Å². The van der Waals surface area contributed by atoms with E-state index in [0.29, 0.717) is 13.1 Å². The second-order valence-corrected chi connectivity index (χ2v) is 5.53. The Bertz CT molecular complexity index is 572. The molecule has 1 N–H and O–H groups in total. The molecule has 6 heteroatoms. The predicted octanol–water partition coefficient (Wildman–Crippen LogP) is 1.83. The van der Waals surface area contributed by atoms with Crippen molar-refractivity contribution in [2.24, 2.45) is 0 Å². The Morgan fingerprint density at radius 3 is 2.80 bits per heavy atom. The van der Waals surface area contributed by atoms with Gasteiger partial charge in [0, 0.05) is 36.4 Å². The normalized spacial score (nSPS) is 16.0. The number of hydrogen-bond acceptors (Lipinski definition) is 3. The average molecular weight is 339 g/mol. The molecule has 2 rings (SSSR count). The molecule has 1 amide bonds. The topological polar surface area (TPSA) is 60.9 Å². The van der Waals surface area contributed by atoms with Crippen LogP contribution in [0.25, 0.3) is 6.08 Å². The number of piperazine rings is 1. The van der Waals surface area contributed by atoms with Gasteiger partial charge in [0.1, 0.15) is 0 Å². The highest BCUT2D eigenvalue weighted by Crippen LogP contribution is 2.27. The molecular weight excluding hydrogens is 324 g/mol. The summed E-state index contributed by atoms with van der Waals surface area (Å²) in [5.74, 6) is -0.933. The van der Waals surface area contributed by atoms with Gasteiger partial charge < -0.3 is 14.9 Å². The fourth-order valence-electron chi connectivity index (χ4n) is 2.07. The summed E-state index contributed by atoms with van der Waals surface area (Å²) in [5, 5.41) is 8.75. The van der Waals surface area contributed by atoms with Crippen LogP contribution in [-0.4, -0.2) is 48.6 Å². The quantitative estimate of drug-likeness (QED) is 0.854. The lowest BCUT2D eigenvalue weighted by Gasteiger charge is -2.34. The molecule has 106 valence electrons. The van der Waals surface area contributed by atoms with Gasteiger partial charge in [-0.05, 0) is 29.8 Å². The first-order valence-corrected chi connectivity index (χ1v) is 6.96. The summed E-state index contributed by atoms with van der Waals surface area (Å²) in [6, 6.07) is 5.62. The highest BCUT2D eigenvalue weighted by molar-refractivity contribution is 9.10. The van der Waals surface area contributed by atoms with Crippen LogP contribution in [0, 0.1) is 0 Å². The van der Waals surface area contributed by atoms with Crippen molar-refractivity contribution >= 4 is 39.6 Å². The molecule has 1 fully saturated rings. The summed E-state index contributed by atoms with van der Waals surface area (Å²) in [7, 11) is 1.78. The Labute approximate surface area is 125 Å². The fraction of sp³-hybridized carbons (Fsp3) is 0.286. The number of likely N-dealkylation sites (N-methyl/N-ethyl adjacent to an activating group) is 1. The van der Waals surface area contributed by atoms with Gasteiger partial charge in [0.2, 0.25) is 5.91 Å². The minimum atomic E-state index is -0.995. The molecule has 1 aromatic rings. The van der Waals surface area contributed by atoms with E-state index >= 15 is 0 Å². The summed E-state index contributed by atoms with van der Waals surface area (Å²) >= 11 is 3.37. The summed E-state index contributed by atoms with van der Waals surface area (Å²) in [5.41, 5.74) is 1.64. The van der Waals surface area contributed by atoms with Gasteiger partial charge in [0.05, 0.1) is 6.54 Å². The Hall–Kier alpha value is -1.82. The first-order chi connectivity index (χ1) is 9.47. The van der Waals surface area contributed by atoms with E-state index in [-0.39, 0.29) is 5.91 Å². The molecule has 20 heavy (non-hydrogen) atoms. The van der Waals surface area contributed by atoms with E-state index in [1.807, 2.05) is 23.1 Å². The van der Waals surface area contributed by atoms with Gasteiger partial charge in [-0.15, -0.1) is 0 Å². The van der Waals surface area contributed by atoms with Crippen LogP contribution in [0.5, 0.6) is 0 Å². The number of halogens is 1. The van der Waals surface area contributed by atoms with E-state index in [1.165, 1.54) is 0 Å². The van der Waals surface area contributed by atoms with E-state index in [9.17, 15) is 9.59 Å². The van der Waals surface area contributed by atoms with Gasteiger partial charge >= 0.3 is 5.97 Å². The molecule has 0 atom stereocenters. The Morgan fingerprint density at radius 2 is 2.15 bits per heavy atom. The maximum absolute atomic E-state index is 11.8. The maximum Gasteiger partial charge on any atom is 0.328 e. The number of anilines is 1. The lowest BCUT2D eigenvalue weighted by molar-refractivity contribution is -0.131. The molecule has 1 heterocycles. The molecule has 0 spiro atoms. The van der Waals surface area contributed by atoms with E-state index < -0.39 is 5.97 Å². The van der Waals surface area contributed by atoms with Crippen LogP contribution in [-0.2, 0) is 9.59 Å². The minimum absolute atomic E-state index is 0.0623. The van der Waals surface area contributed by atoms with Crippen molar-refractivity contribution < 1.29 is 14.7 Å². The van der Waals surface area contributed by atoms with Crippen molar-refractivity contribution in [1.82, 2.24) is 4.90 Å². The van der Waals surface area contributed by atoms with Crippen LogP contribution in [0.3, 0.4) is 0 Å². The van der Waals surface area contributed by atoms with Crippen molar-refractivity contribution in [3.63, 3.8) is 0 Å². The summed E-state index contributed by atoms with van der Waals surface area (Å²) in [4.78, 5) is 26.1. The molecule has 1 saturated heterocycles. The molecule has 0 unspecified atom stereocenters. The van der Waals surface area contributed by atoms with Crippen molar-refractivity contribution in [2.45, 2.75) is 0 Å². The average Bonchev–Trinajstić information content (AvgIpc) is 2.40. The molecule has 1 aromatic carbocycles. The zero-order valence-corrected chi connectivity index (χ0v) is 12.6. The lowest BCUT2D eigenvalue weighted by atomic mass is 10.1. The molecule has 0 aliphatic carbocycles. The van der Waals surface area contributed by atoms with Crippen LogP contribution in [0.4, 0.5) is 5.69 Å². The van der Waals surface area contributed by atoms with Gasteiger partial charge in [-0.3, -0.25) is 4.79 Å². The van der Waals surface area contributed by atoms with Crippen LogP contribution >= 0.6 is 15.9 Å². The zero-order valence-electron chi connectivity index (χ0n) is 11.0. The van der Waals surface area contributed by atoms with E-state index in [0.717, 1.165) is 28.3 Å². The predicted molar refractivity (Wildman–Crippen MR) is 80.7 cm³/mol. The molecule has 0 aromatic heterocycles.